The number of aromatic nitrogens is 3. The summed E-state index contributed by atoms with van der Waals surface area (Å²) in [6, 6.07) is 3.91. The zero-order chi connectivity index (χ0) is 20.1. The van der Waals surface area contributed by atoms with E-state index < -0.39 is 0 Å². The molecule has 0 N–H and O–H groups in total. The monoisotopic (exact) mass is 435 g/mol. The Balaban J connectivity index is 1.77. The predicted molar refractivity (Wildman–Crippen MR) is 114 cm³/mol. The number of nitrogens with zero attached hydrogens (tertiary/aromatic N) is 5. The van der Waals surface area contributed by atoms with E-state index in [1.165, 1.54) is 31.0 Å². The van der Waals surface area contributed by atoms with Crippen LogP contribution in [0.1, 0.15) is 51.6 Å². The Kier molecular flexibility index (Phi) is 7.03. The van der Waals surface area contributed by atoms with Crippen LogP contribution >= 0.6 is 35.0 Å². The predicted octanol–water partition coefficient (Wildman–Crippen LogP) is 6.00. The summed E-state index contributed by atoms with van der Waals surface area (Å²) >= 11 is 13.5. The largest absolute Gasteiger partial charge is 0.355 e. The highest BCUT2D eigenvalue weighted by Crippen LogP contribution is 2.40. The van der Waals surface area contributed by atoms with Gasteiger partial charge in [0.15, 0.2) is 5.69 Å². The zero-order valence-corrected chi connectivity index (χ0v) is 18.4. The maximum atomic E-state index is 9.58. The summed E-state index contributed by atoms with van der Waals surface area (Å²) in [6.07, 6.45) is 9.35. The van der Waals surface area contributed by atoms with Crippen LogP contribution in [0.2, 0.25) is 10.2 Å². The number of nitriles is 1. The highest BCUT2D eigenvalue weighted by Gasteiger charge is 2.32. The number of piperidine rings is 1. The van der Waals surface area contributed by atoms with Gasteiger partial charge in [-0.2, -0.15) is 5.26 Å². The Morgan fingerprint density at radius 1 is 1.25 bits per heavy atom. The van der Waals surface area contributed by atoms with Crippen LogP contribution in [0.25, 0.3) is 0 Å². The summed E-state index contributed by atoms with van der Waals surface area (Å²) in [7, 11) is 0. The van der Waals surface area contributed by atoms with Crippen molar-refractivity contribution in [2.24, 2.45) is 5.41 Å². The van der Waals surface area contributed by atoms with Crippen molar-refractivity contribution in [3.05, 3.63) is 34.3 Å². The second-order valence-electron chi connectivity index (χ2n) is 7.10. The van der Waals surface area contributed by atoms with Gasteiger partial charge in [-0.05, 0) is 30.7 Å². The zero-order valence-electron chi connectivity index (χ0n) is 16.1. The fraction of sp³-hybridized carbons (Fsp3) is 0.500. The Morgan fingerprint density at radius 2 is 2.00 bits per heavy atom. The fourth-order valence-corrected chi connectivity index (χ4v) is 5.03. The molecular formula is C20H23Cl2N5S. The molecule has 0 radical (unpaired) electrons. The number of rotatable bonds is 6. The maximum absolute atomic E-state index is 9.58. The highest BCUT2D eigenvalue weighted by molar-refractivity contribution is 7.99. The van der Waals surface area contributed by atoms with Gasteiger partial charge in [-0.3, -0.25) is 0 Å². The summed E-state index contributed by atoms with van der Waals surface area (Å²) in [5, 5.41) is 10.7. The average molecular weight is 436 g/mol. The van der Waals surface area contributed by atoms with E-state index in [1.54, 1.807) is 18.5 Å². The molecule has 3 rings (SSSR count). The second kappa shape index (κ2) is 9.30. The average Bonchev–Trinajstić information content (AvgIpc) is 2.72. The van der Waals surface area contributed by atoms with E-state index >= 15 is 0 Å². The van der Waals surface area contributed by atoms with E-state index in [1.807, 2.05) is 0 Å². The first kappa shape index (κ1) is 21.2. The van der Waals surface area contributed by atoms with Gasteiger partial charge in [0.1, 0.15) is 22.1 Å². The van der Waals surface area contributed by atoms with E-state index in [0.29, 0.717) is 26.1 Å². The topological polar surface area (TPSA) is 65.7 Å². The lowest BCUT2D eigenvalue weighted by atomic mass is 9.73. The minimum Gasteiger partial charge on any atom is -0.355 e. The molecule has 148 valence electrons. The lowest BCUT2D eigenvalue weighted by molar-refractivity contribution is 0.188. The molecule has 1 fully saturated rings. The summed E-state index contributed by atoms with van der Waals surface area (Å²) in [4.78, 5) is 16.0. The van der Waals surface area contributed by atoms with Crippen LogP contribution in [0.15, 0.2) is 28.4 Å². The number of hydrogen-bond acceptors (Lipinski definition) is 6. The SMILES string of the molecule is CCCC1(CC)CCN(c2cnc(Sc3ccnc(Cl)c3Cl)c(C#N)n2)CC1. The third-order valence-electron chi connectivity index (χ3n) is 5.53. The molecule has 1 aliphatic rings. The third-order valence-corrected chi connectivity index (χ3v) is 7.46. The van der Waals surface area contributed by atoms with Crippen molar-refractivity contribution in [2.45, 2.75) is 55.9 Å². The van der Waals surface area contributed by atoms with Gasteiger partial charge in [0, 0.05) is 24.2 Å². The van der Waals surface area contributed by atoms with Gasteiger partial charge < -0.3 is 4.90 Å². The summed E-state index contributed by atoms with van der Waals surface area (Å²) in [5.74, 6) is 0.765. The molecule has 1 aliphatic heterocycles. The molecule has 3 heterocycles. The Bertz CT molecular complexity index is 875. The van der Waals surface area contributed by atoms with Gasteiger partial charge in [-0.25, -0.2) is 15.0 Å². The summed E-state index contributed by atoms with van der Waals surface area (Å²) in [5.41, 5.74) is 0.747. The number of hydrogen-bond donors (Lipinski definition) is 0. The molecule has 0 atom stereocenters. The van der Waals surface area contributed by atoms with Crippen LogP contribution < -0.4 is 4.90 Å². The van der Waals surface area contributed by atoms with Crippen molar-refractivity contribution in [1.82, 2.24) is 15.0 Å². The van der Waals surface area contributed by atoms with E-state index in [9.17, 15) is 5.26 Å². The molecule has 28 heavy (non-hydrogen) atoms. The van der Waals surface area contributed by atoms with Crippen molar-refractivity contribution in [2.75, 3.05) is 18.0 Å². The smallest absolute Gasteiger partial charge is 0.175 e. The van der Waals surface area contributed by atoms with E-state index in [-0.39, 0.29) is 5.15 Å². The number of anilines is 1. The van der Waals surface area contributed by atoms with Crippen molar-refractivity contribution in [3.63, 3.8) is 0 Å². The Labute approximate surface area is 180 Å². The van der Waals surface area contributed by atoms with E-state index in [2.05, 4.69) is 39.8 Å². The molecule has 1 saturated heterocycles. The van der Waals surface area contributed by atoms with Crippen LogP contribution in [-0.2, 0) is 0 Å². The molecule has 0 aromatic carbocycles. The van der Waals surface area contributed by atoms with Gasteiger partial charge in [-0.1, -0.05) is 61.7 Å². The Morgan fingerprint density at radius 3 is 2.64 bits per heavy atom. The number of halogens is 2. The molecular weight excluding hydrogens is 413 g/mol. The molecule has 0 unspecified atom stereocenters. The van der Waals surface area contributed by atoms with Crippen LogP contribution in [0.4, 0.5) is 5.82 Å². The molecule has 8 heteroatoms. The molecule has 2 aromatic rings. The van der Waals surface area contributed by atoms with Crippen molar-refractivity contribution in [1.29, 1.82) is 5.26 Å². The fourth-order valence-electron chi connectivity index (χ4n) is 3.77. The molecule has 0 saturated carbocycles. The van der Waals surface area contributed by atoms with E-state index in [4.69, 9.17) is 23.2 Å². The van der Waals surface area contributed by atoms with E-state index in [0.717, 1.165) is 31.7 Å². The van der Waals surface area contributed by atoms with Crippen molar-refractivity contribution in [3.8, 4) is 6.07 Å². The quantitative estimate of drug-likeness (QED) is 0.518. The van der Waals surface area contributed by atoms with Crippen LogP contribution in [0.5, 0.6) is 0 Å². The first-order valence-electron chi connectivity index (χ1n) is 9.52. The molecule has 0 aliphatic carbocycles. The minimum atomic E-state index is 0.231. The minimum absolute atomic E-state index is 0.231. The number of pyridine rings is 1. The van der Waals surface area contributed by atoms with Crippen LogP contribution in [-0.4, -0.2) is 28.0 Å². The second-order valence-corrected chi connectivity index (χ2v) is 8.87. The van der Waals surface area contributed by atoms with Crippen molar-refractivity contribution < 1.29 is 0 Å². The van der Waals surface area contributed by atoms with Crippen molar-refractivity contribution >= 4 is 40.8 Å². The lowest BCUT2D eigenvalue weighted by Crippen LogP contribution is -2.40. The molecule has 2 aromatic heterocycles. The maximum Gasteiger partial charge on any atom is 0.175 e. The third kappa shape index (κ3) is 4.53. The highest BCUT2D eigenvalue weighted by atomic mass is 35.5. The summed E-state index contributed by atoms with van der Waals surface area (Å²) in [6.45, 7) is 6.45. The normalized spacial score (nSPS) is 16.0. The molecule has 5 nitrogen and oxygen atoms in total. The molecule has 0 spiro atoms. The standard InChI is InChI=1S/C20H23Cl2N5S/c1-3-6-20(4-2)7-10-27(11-8-20)16-13-25-19(14(12-23)26-16)28-15-5-9-24-18(22)17(15)21/h5,9,13H,3-4,6-8,10-11H2,1-2H3. The molecule has 0 bridgehead atoms. The van der Waals surface area contributed by atoms with Crippen LogP contribution in [0, 0.1) is 16.7 Å². The molecule has 0 amide bonds. The summed E-state index contributed by atoms with van der Waals surface area (Å²) < 4.78 is 0. The Hall–Kier alpha value is -1.55. The van der Waals surface area contributed by atoms with Gasteiger partial charge >= 0.3 is 0 Å². The van der Waals surface area contributed by atoms with Gasteiger partial charge in [0.25, 0.3) is 0 Å². The van der Waals surface area contributed by atoms with Crippen LogP contribution in [0.3, 0.4) is 0 Å². The van der Waals surface area contributed by atoms with Gasteiger partial charge in [0.05, 0.1) is 11.2 Å². The first-order chi connectivity index (χ1) is 13.5. The van der Waals surface area contributed by atoms with Gasteiger partial charge in [-0.15, -0.1) is 0 Å². The first-order valence-corrected chi connectivity index (χ1v) is 11.1. The lowest BCUT2D eigenvalue weighted by Gasteiger charge is -2.42. The van der Waals surface area contributed by atoms with Gasteiger partial charge in [0.2, 0.25) is 0 Å².